The molecule has 23 heavy (non-hydrogen) atoms. The van der Waals surface area contributed by atoms with E-state index in [0.717, 1.165) is 18.4 Å². The van der Waals surface area contributed by atoms with E-state index in [1.165, 1.54) is 6.20 Å². The first-order chi connectivity index (χ1) is 11.2. The van der Waals surface area contributed by atoms with Crippen LogP contribution >= 0.6 is 11.6 Å². The molecule has 0 spiro atoms. The number of aliphatic hydroxyl groups is 1. The first kappa shape index (κ1) is 16.0. The number of likely N-dealkylation sites (tertiary alicyclic amines) is 1. The molecule has 1 aromatic carbocycles. The molecule has 1 N–H and O–H groups in total. The van der Waals surface area contributed by atoms with Crippen molar-refractivity contribution in [3.05, 3.63) is 64.9 Å². The molecular weight excluding hydrogens is 312 g/mol. The molecular formula is C18H19ClN2O2. The topological polar surface area (TPSA) is 53.4 Å². The lowest BCUT2D eigenvalue weighted by Gasteiger charge is -2.27. The lowest BCUT2D eigenvalue weighted by atomic mass is 10.0. The molecule has 1 aliphatic heterocycles. The fraction of sp³-hybridized carbons (Fsp3) is 0.333. The van der Waals surface area contributed by atoms with Crippen molar-refractivity contribution in [1.29, 1.82) is 0 Å². The summed E-state index contributed by atoms with van der Waals surface area (Å²) in [5, 5.41) is 10.8. The molecule has 0 radical (unpaired) electrons. The third-order valence-corrected chi connectivity index (χ3v) is 4.62. The minimum atomic E-state index is -0.567. The van der Waals surface area contributed by atoms with Crippen LogP contribution in [0.3, 0.4) is 0 Å². The van der Waals surface area contributed by atoms with Crippen molar-refractivity contribution in [3.63, 3.8) is 0 Å². The summed E-state index contributed by atoms with van der Waals surface area (Å²) in [6, 6.07) is 11.2. The van der Waals surface area contributed by atoms with Gasteiger partial charge in [0.15, 0.2) is 0 Å². The van der Waals surface area contributed by atoms with E-state index < -0.39 is 6.10 Å². The first-order valence-corrected chi connectivity index (χ1v) is 8.18. The van der Waals surface area contributed by atoms with Crippen LogP contribution in [0.15, 0.2) is 48.8 Å². The molecule has 0 aliphatic carbocycles. The van der Waals surface area contributed by atoms with E-state index in [1.54, 1.807) is 12.3 Å². The number of carbonyl (C=O) groups excluding carboxylic acids is 1. The Morgan fingerprint density at radius 3 is 2.87 bits per heavy atom. The number of halogens is 1. The molecule has 2 heterocycles. The van der Waals surface area contributed by atoms with Crippen molar-refractivity contribution < 1.29 is 9.90 Å². The number of pyridine rings is 1. The maximum atomic E-state index is 12.7. The predicted molar refractivity (Wildman–Crippen MR) is 89.3 cm³/mol. The monoisotopic (exact) mass is 330 g/mol. The summed E-state index contributed by atoms with van der Waals surface area (Å²) in [6.07, 6.45) is 4.88. The molecule has 120 valence electrons. The molecule has 3 rings (SSSR count). The van der Waals surface area contributed by atoms with Gasteiger partial charge in [-0.3, -0.25) is 9.78 Å². The lowest BCUT2D eigenvalue weighted by Crippen LogP contribution is -2.36. The van der Waals surface area contributed by atoms with Gasteiger partial charge in [0.1, 0.15) is 0 Å². The summed E-state index contributed by atoms with van der Waals surface area (Å²) in [6.45, 7) is 0.698. The van der Waals surface area contributed by atoms with E-state index in [2.05, 4.69) is 4.98 Å². The minimum absolute atomic E-state index is 0.0296. The summed E-state index contributed by atoms with van der Waals surface area (Å²) in [5.41, 5.74) is 1.36. The standard InChI is InChI=1S/C18H19ClN2O2/c19-16-12-20-9-8-15(16)18(23)21-10-4-7-14(21)11-17(22)13-5-2-1-3-6-13/h1-3,5-6,8-9,12,14,17,22H,4,7,10-11H2. The molecule has 5 heteroatoms. The zero-order valence-electron chi connectivity index (χ0n) is 12.7. The normalized spacial score (nSPS) is 18.9. The Morgan fingerprint density at radius 2 is 2.13 bits per heavy atom. The highest BCUT2D eigenvalue weighted by Crippen LogP contribution is 2.29. The minimum Gasteiger partial charge on any atom is -0.388 e. The molecule has 1 aromatic heterocycles. The molecule has 1 amide bonds. The number of carbonyl (C=O) groups is 1. The van der Waals surface area contributed by atoms with Crippen molar-refractivity contribution >= 4 is 17.5 Å². The van der Waals surface area contributed by atoms with Crippen LogP contribution in [0, 0.1) is 0 Å². The Morgan fingerprint density at radius 1 is 1.35 bits per heavy atom. The van der Waals surface area contributed by atoms with Gasteiger partial charge in [0.05, 0.1) is 16.7 Å². The summed E-state index contributed by atoms with van der Waals surface area (Å²) in [7, 11) is 0. The van der Waals surface area contributed by atoms with E-state index in [4.69, 9.17) is 11.6 Å². The van der Waals surface area contributed by atoms with Crippen LogP contribution in [0.1, 0.15) is 41.3 Å². The summed E-state index contributed by atoms with van der Waals surface area (Å²) in [5.74, 6) is -0.0832. The molecule has 1 saturated heterocycles. The van der Waals surface area contributed by atoms with Crippen LogP contribution in [0.5, 0.6) is 0 Å². The van der Waals surface area contributed by atoms with E-state index >= 15 is 0 Å². The van der Waals surface area contributed by atoms with Gasteiger partial charge in [-0.2, -0.15) is 0 Å². The van der Waals surface area contributed by atoms with Gasteiger partial charge in [0.25, 0.3) is 5.91 Å². The third-order valence-electron chi connectivity index (χ3n) is 4.32. The average molecular weight is 331 g/mol. The van der Waals surface area contributed by atoms with Gasteiger partial charge in [0, 0.05) is 25.0 Å². The average Bonchev–Trinajstić information content (AvgIpc) is 3.03. The summed E-state index contributed by atoms with van der Waals surface area (Å²) < 4.78 is 0. The fourth-order valence-electron chi connectivity index (χ4n) is 3.12. The summed E-state index contributed by atoms with van der Waals surface area (Å²) >= 11 is 6.09. The van der Waals surface area contributed by atoms with Crippen molar-refractivity contribution in [2.24, 2.45) is 0 Å². The van der Waals surface area contributed by atoms with Gasteiger partial charge in [0.2, 0.25) is 0 Å². The van der Waals surface area contributed by atoms with Crippen LogP contribution in [0.2, 0.25) is 5.02 Å². The van der Waals surface area contributed by atoms with Gasteiger partial charge in [-0.05, 0) is 30.9 Å². The zero-order chi connectivity index (χ0) is 16.2. The van der Waals surface area contributed by atoms with Gasteiger partial charge >= 0.3 is 0 Å². The number of benzene rings is 1. The molecule has 2 atom stereocenters. The quantitative estimate of drug-likeness (QED) is 0.934. The molecule has 2 aromatic rings. The highest BCUT2D eigenvalue weighted by molar-refractivity contribution is 6.33. The molecule has 0 bridgehead atoms. The van der Waals surface area contributed by atoms with Crippen molar-refractivity contribution in [3.8, 4) is 0 Å². The second-order valence-corrected chi connectivity index (χ2v) is 6.22. The Labute approximate surface area is 140 Å². The Balaban J connectivity index is 1.73. The molecule has 1 fully saturated rings. The maximum absolute atomic E-state index is 12.7. The van der Waals surface area contributed by atoms with Gasteiger partial charge in [-0.25, -0.2) is 0 Å². The molecule has 1 aliphatic rings. The molecule has 2 unspecified atom stereocenters. The smallest absolute Gasteiger partial charge is 0.255 e. The molecule has 0 saturated carbocycles. The fourth-order valence-corrected chi connectivity index (χ4v) is 3.32. The Hall–Kier alpha value is -1.91. The number of amides is 1. The first-order valence-electron chi connectivity index (χ1n) is 7.80. The number of hydrogen-bond donors (Lipinski definition) is 1. The van der Waals surface area contributed by atoms with Gasteiger partial charge in [-0.1, -0.05) is 41.9 Å². The third kappa shape index (κ3) is 3.54. The lowest BCUT2D eigenvalue weighted by molar-refractivity contribution is 0.0667. The maximum Gasteiger partial charge on any atom is 0.255 e. The highest BCUT2D eigenvalue weighted by Gasteiger charge is 2.32. The number of hydrogen-bond acceptors (Lipinski definition) is 3. The van der Waals surface area contributed by atoms with Crippen LogP contribution in [-0.2, 0) is 0 Å². The van der Waals surface area contributed by atoms with Crippen molar-refractivity contribution in [1.82, 2.24) is 9.88 Å². The van der Waals surface area contributed by atoms with Crippen molar-refractivity contribution in [2.75, 3.05) is 6.54 Å². The van der Waals surface area contributed by atoms with E-state index in [1.807, 2.05) is 35.2 Å². The number of nitrogens with zero attached hydrogens (tertiary/aromatic N) is 2. The van der Waals surface area contributed by atoms with Crippen LogP contribution in [0.4, 0.5) is 0 Å². The zero-order valence-corrected chi connectivity index (χ0v) is 13.5. The van der Waals surface area contributed by atoms with Crippen LogP contribution in [0.25, 0.3) is 0 Å². The largest absolute Gasteiger partial charge is 0.388 e. The number of aliphatic hydroxyl groups excluding tert-OH is 1. The van der Waals surface area contributed by atoms with Gasteiger partial charge < -0.3 is 10.0 Å². The van der Waals surface area contributed by atoms with Crippen LogP contribution in [-0.4, -0.2) is 33.5 Å². The Bertz CT molecular complexity index is 678. The SMILES string of the molecule is O=C(c1ccncc1Cl)N1CCCC1CC(O)c1ccccc1. The van der Waals surface area contributed by atoms with Crippen LogP contribution < -0.4 is 0 Å². The predicted octanol–water partition coefficient (Wildman–Crippen LogP) is 3.46. The Kier molecular flexibility index (Phi) is 4.94. The number of aromatic nitrogens is 1. The van der Waals surface area contributed by atoms with Crippen molar-refractivity contribution in [2.45, 2.75) is 31.4 Å². The van der Waals surface area contributed by atoms with Gasteiger partial charge in [-0.15, -0.1) is 0 Å². The van der Waals surface area contributed by atoms with E-state index in [-0.39, 0.29) is 11.9 Å². The number of rotatable bonds is 4. The molecule has 4 nitrogen and oxygen atoms in total. The van der Waals surface area contributed by atoms with E-state index in [0.29, 0.717) is 23.6 Å². The van der Waals surface area contributed by atoms with E-state index in [9.17, 15) is 9.90 Å². The summed E-state index contributed by atoms with van der Waals surface area (Å²) in [4.78, 5) is 18.5. The second-order valence-electron chi connectivity index (χ2n) is 5.81. The second kappa shape index (κ2) is 7.11. The highest BCUT2D eigenvalue weighted by atomic mass is 35.5.